The quantitative estimate of drug-likeness (QED) is 0.766. The number of ether oxygens (including phenoxy) is 2. The summed E-state index contributed by atoms with van der Waals surface area (Å²) in [6.45, 7) is -0.154. The van der Waals surface area contributed by atoms with Crippen LogP contribution >= 0.6 is 0 Å². The molecule has 1 amide bonds. The van der Waals surface area contributed by atoms with E-state index in [1.807, 2.05) is 0 Å². The number of carbonyl (C=O) groups is 3. The fourth-order valence-electron chi connectivity index (χ4n) is 2.21. The summed E-state index contributed by atoms with van der Waals surface area (Å²) < 4.78 is 22.3. The lowest BCUT2D eigenvalue weighted by molar-refractivity contribution is -0.124. The number of hydrogen-bond acceptors (Lipinski definition) is 5. The van der Waals surface area contributed by atoms with Crippen LogP contribution in [0.2, 0.25) is 0 Å². The zero-order chi connectivity index (χ0) is 18.9. The monoisotopic (exact) mass is 359 g/mol. The highest BCUT2D eigenvalue weighted by molar-refractivity contribution is 6.03. The van der Waals surface area contributed by atoms with Gasteiger partial charge in [0.2, 0.25) is 0 Å². The lowest BCUT2D eigenvalue weighted by Crippen LogP contribution is -2.30. The van der Waals surface area contributed by atoms with E-state index >= 15 is 0 Å². The molecule has 7 heteroatoms. The second-order valence-electron chi connectivity index (χ2n) is 5.34. The molecular weight excluding hydrogens is 341 g/mol. The lowest BCUT2D eigenvalue weighted by Gasteiger charge is -2.09. The number of amides is 1. The van der Waals surface area contributed by atoms with Crippen LogP contribution in [0.5, 0.6) is 0 Å². The van der Waals surface area contributed by atoms with Crippen molar-refractivity contribution in [2.24, 2.45) is 0 Å². The summed E-state index contributed by atoms with van der Waals surface area (Å²) in [5.41, 5.74) is 0.964. The Labute approximate surface area is 149 Å². The van der Waals surface area contributed by atoms with E-state index in [-0.39, 0.29) is 16.9 Å². The molecule has 6 nitrogen and oxygen atoms in total. The molecule has 1 N–H and O–H groups in total. The number of hydrogen-bond donors (Lipinski definition) is 1. The van der Waals surface area contributed by atoms with Crippen molar-refractivity contribution in [3.8, 4) is 0 Å². The van der Waals surface area contributed by atoms with E-state index in [9.17, 15) is 18.8 Å². The fourth-order valence-corrected chi connectivity index (χ4v) is 2.21. The standard InChI is InChI=1S/C19H18FNO5/c1-25-18(23)15-4-2-3-5-16(15)19(24)26-12-17(22)21-11-10-13-6-8-14(20)9-7-13/h2-9H,10-12H2,1H3,(H,21,22). The molecule has 0 aliphatic rings. The largest absolute Gasteiger partial charge is 0.465 e. The maximum Gasteiger partial charge on any atom is 0.339 e. The van der Waals surface area contributed by atoms with Crippen LogP contribution in [0.25, 0.3) is 0 Å². The minimum atomic E-state index is -0.792. The molecule has 0 radical (unpaired) electrons. The highest BCUT2D eigenvalue weighted by Gasteiger charge is 2.18. The summed E-state index contributed by atoms with van der Waals surface area (Å²) >= 11 is 0. The zero-order valence-corrected chi connectivity index (χ0v) is 14.2. The van der Waals surface area contributed by atoms with Gasteiger partial charge in [0.15, 0.2) is 6.61 Å². The zero-order valence-electron chi connectivity index (χ0n) is 14.2. The molecular formula is C19H18FNO5. The van der Waals surface area contributed by atoms with E-state index in [0.717, 1.165) is 5.56 Å². The first-order valence-electron chi connectivity index (χ1n) is 7.87. The predicted octanol–water partition coefficient (Wildman–Crippen LogP) is 2.13. The summed E-state index contributed by atoms with van der Waals surface area (Å²) in [5.74, 6) is -2.26. The summed E-state index contributed by atoms with van der Waals surface area (Å²) in [4.78, 5) is 35.5. The molecule has 0 heterocycles. The Kier molecular flexibility index (Phi) is 6.84. The minimum Gasteiger partial charge on any atom is -0.465 e. The molecule has 0 atom stereocenters. The van der Waals surface area contributed by atoms with Crippen molar-refractivity contribution in [3.63, 3.8) is 0 Å². The number of methoxy groups -OCH3 is 1. The van der Waals surface area contributed by atoms with E-state index in [4.69, 9.17) is 4.74 Å². The Hall–Kier alpha value is -3.22. The number of carbonyl (C=O) groups excluding carboxylic acids is 3. The maximum atomic E-state index is 12.8. The van der Waals surface area contributed by atoms with Gasteiger partial charge in [-0.1, -0.05) is 24.3 Å². The Morgan fingerprint density at radius 2 is 1.58 bits per heavy atom. The normalized spacial score (nSPS) is 10.1. The summed E-state index contributed by atoms with van der Waals surface area (Å²) in [6.07, 6.45) is 0.519. The number of benzene rings is 2. The van der Waals surface area contributed by atoms with Gasteiger partial charge in [-0.15, -0.1) is 0 Å². The highest BCUT2D eigenvalue weighted by atomic mass is 19.1. The number of esters is 2. The highest BCUT2D eigenvalue weighted by Crippen LogP contribution is 2.11. The first kappa shape index (κ1) is 19.1. The van der Waals surface area contributed by atoms with E-state index in [2.05, 4.69) is 10.1 Å². The molecule has 0 aliphatic carbocycles. The third-order valence-electron chi connectivity index (χ3n) is 3.54. The molecule has 0 aromatic heterocycles. The van der Waals surface area contributed by atoms with Crippen LogP contribution in [0, 0.1) is 5.82 Å². The van der Waals surface area contributed by atoms with Gasteiger partial charge in [0.05, 0.1) is 18.2 Å². The van der Waals surface area contributed by atoms with Gasteiger partial charge in [-0.05, 0) is 36.2 Å². The first-order valence-corrected chi connectivity index (χ1v) is 7.87. The first-order chi connectivity index (χ1) is 12.5. The van der Waals surface area contributed by atoms with Crippen molar-refractivity contribution < 1.29 is 28.2 Å². The smallest absolute Gasteiger partial charge is 0.339 e. The second kappa shape index (κ2) is 9.31. The van der Waals surface area contributed by atoms with Crippen LogP contribution in [-0.4, -0.2) is 38.1 Å². The molecule has 0 spiro atoms. The fraction of sp³-hybridized carbons (Fsp3) is 0.211. The second-order valence-corrected chi connectivity index (χ2v) is 5.34. The van der Waals surface area contributed by atoms with Gasteiger partial charge in [0.25, 0.3) is 5.91 Å². The van der Waals surface area contributed by atoms with Crippen LogP contribution in [-0.2, 0) is 20.7 Å². The third-order valence-corrected chi connectivity index (χ3v) is 3.54. The summed E-state index contributed by atoms with van der Waals surface area (Å²) in [7, 11) is 1.21. The number of nitrogens with one attached hydrogen (secondary N) is 1. The Morgan fingerprint density at radius 1 is 0.962 bits per heavy atom. The van der Waals surface area contributed by atoms with Crippen LogP contribution < -0.4 is 5.32 Å². The molecule has 2 aromatic carbocycles. The van der Waals surface area contributed by atoms with Gasteiger partial charge in [0, 0.05) is 6.54 Å². The van der Waals surface area contributed by atoms with Gasteiger partial charge in [-0.3, -0.25) is 4.79 Å². The van der Waals surface area contributed by atoms with Crippen molar-refractivity contribution in [1.29, 1.82) is 0 Å². The van der Waals surface area contributed by atoms with Gasteiger partial charge < -0.3 is 14.8 Å². The van der Waals surface area contributed by atoms with E-state index in [0.29, 0.717) is 13.0 Å². The van der Waals surface area contributed by atoms with E-state index < -0.39 is 24.5 Å². The van der Waals surface area contributed by atoms with Crippen molar-refractivity contribution in [1.82, 2.24) is 5.32 Å². The maximum absolute atomic E-state index is 12.8. The third kappa shape index (κ3) is 5.41. The molecule has 2 rings (SSSR count). The Balaban J connectivity index is 1.81. The van der Waals surface area contributed by atoms with Gasteiger partial charge in [-0.25, -0.2) is 14.0 Å². The molecule has 0 bridgehead atoms. The Bertz CT molecular complexity index is 789. The van der Waals surface area contributed by atoms with Crippen LogP contribution in [0.15, 0.2) is 48.5 Å². The minimum absolute atomic E-state index is 0.0264. The van der Waals surface area contributed by atoms with Gasteiger partial charge >= 0.3 is 11.9 Å². The molecule has 0 aliphatic heterocycles. The molecule has 0 saturated carbocycles. The van der Waals surface area contributed by atoms with Crippen molar-refractivity contribution in [3.05, 3.63) is 71.0 Å². The van der Waals surface area contributed by atoms with Gasteiger partial charge in [0.1, 0.15) is 5.82 Å². The van der Waals surface area contributed by atoms with Gasteiger partial charge in [-0.2, -0.15) is 0 Å². The van der Waals surface area contributed by atoms with Crippen LogP contribution in [0.4, 0.5) is 4.39 Å². The topological polar surface area (TPSA) is 81.7 Å². The average Bonchev–Trinajstić information content (AvgIpc) is 2.67. The van der Waals surface area contributed by atoms with E-state index in [1.54, 1.807) is 24.3 Å². The van der Waals surface area contributed by atoms with Crippen molar-refractivity contribution in [2.45, 2.75) is 6.42 Å². The molecule has 2 aromatic rings. The van der Waals surface area contributed by atoms with Crippen molar-refractivity contribution >= 4 is 17.8 Å². The van der Waals surface area contributed by atoms with Crippen LogP contribution in [0.3, 0.4) is 0 Å². The number of halogens is 1. The average molecular weight is 359 g/mol. The molecule has 0 unspecified atom stereocenters. The van der Waals surface area contributed by atoms with Crippen molar-refractivity contribution in [2.75, 3.05) is 20.3 Å². The summed E-state index contributed by atoms with van der Waals surface area (Å²) in [5, 5.41) is 2.60. The molecule has 0 saturated heterocycles. The molecule has 26 heavy (non-hydrogen) atoms. The van der Waals surface area contributed by atoms with Crippen LogP contribution in [0.1, 0.15) is 26.3 Å². The van der Waals surface area contributed by atoms with E-state index in [1.165, 1.54) is 31.4 Å². The molecule has 136 valence electrons. The summed E-state index contributed by atoms with van der Waals surface area (Å²) in [6, 6.07) is 12.0. The Morgan fingerprint density at radius 3 is 2.19 bits per heavy atom. The predicted molar refractivity (Wildman–Crippen MR) is 91.2 cm³/mol. The lowest BCUT2D eigenvalue weighted by atomic mass is 10.1. The molecule has 0 fully saturated rings. The number of rotatable bonds is 7. The SMILES string of the molecule is COC(=O)c1ccccc1C(=O)OCC(=O)NCCc1ccc(F)cc1.